The van der Waals surface area contributed by atoms with E-state index in [9.17, 15) is 13.2 Å². The summed E-state index contributed by atoms with van der Waals surface area (Å²) in [4.78, 5) is 18.8. The number of nitrogen functional groups attached to an aromatic ring is 1. The first-order valence-electron chi connectivity index (χ1n) is 5.33. The average molecular weight is 314 g/mol. The number of nitrogens with zero attached hydrogens (tertiary/aromatic N) is 7. The first kappa shape index (κ1) is 13.4. The molecule has 3 rings (SSSR count). The minimum Gasteiger partial charge on any atom is -0.368 e. The average Bonchev–Trinajstić information content (AvgIpc) is 3.09. The van der Waals surface area contributed by atoms with Gasteiger partial charge in [-0.3, -0.25) is 0 Å². The Morgan fingerprint density at radius 2 is 2.00 bits per heavy atom. The summed E-state index contributed by atoms with van der Waals surface area (Å²) in [6.45, 7) is 0. The van der Waals surface area contributed by atoms with E-state index in [1.165, 1.54) is 17.3 Å². The van der Waals surface area contributed by atoms with Crippen molar-refractivity contribution in [1.82, 2.24) is 34.7 Å². The number of alkyl halides is 3. The monoisotopic (exact) mass is 314 g/mol. The van der Waals surface area contributed by atoms with Gasteiger partial charge in [0.2, 0.25) is 5.95 Å². The predicted octanol–water partition coefficient (Wildman–Crippen LogP) is 1.18. The lowest BCUT2D eigenvalue weighted by Gasteiger charge is -2.02. The molecule has 0 radical (unpaired) electrons. The molecule has 0 unspecified atom stereocenters. The summed E-state index contributed by atoms with van der Waals surface area (Å²) < 4.78 is 38.9. The van der Waals surface area contributed by atoms with Gasteiger partial charge in [0.25, 0.3) is 5.95 Å². The van der Waals surface area contributed by atoms with Crippen molar-refractivity contribution in [1.29, 1.82) is 0 Å². The van der Waals surface area contributed by atoms with E-state index in [2.05, 4.69) is 30.0 Å². The molecule has 0 saturated carbocycles. The second-order valence-corrected chi connectivity index (χ2v) is 4.72. The summed E-state index contributed by atoms with van der Waals surface area (Å²) in [5.41, 5.74) is 5.53. The molecule has 108 valence electrons. The van der Waals surface area contributed by atoms with Crippen LogP contribution in [0.1, 0.15) is 5.01 Å². The quantitative estimate of drug-likeness (QED) is 0.756. The lowest BCUT2D eigenvalue weighted by atomic mass is 10.5. The topological polar surface area (TPSA) is 108 Å². The van der Waals surface area contributed by atoms with E-state index in [4.69, 9.17) is 5.73 Å². The number of rotatable bonds is 2. The van der Waals surface area contributed by atoms with Gasteiger partial charge in [-0.15, -0.1) is 11.3 Å². The molecule has 0 fully saturated rings. The van der Waals surface area contributed by atoms with E-state index in [1.54, 1.807) is 0 Å². The molecule has 2 N–H and O–H groups in total. The maximum absolute atomic E-state index is 12.5. The van der Waals surface area contributed by atoms with E-state index in [0.717, 1.165) is 6.20 Å². The molecule has 0 saturated heterocycles. The van der Waals surface area contributed by atoms with Crippen LogP contribution >= 0.6 is 11.3 Å². The number of hydrogen-bond acceptors (Lipinski definition) is 8. The first-order chi connectivity index (χ1) is 9.93. The summed E-state index contributed by atoms with van der Waals surface area (Å²) in [7, 11) is 0. The zero-order valence-corrected chi connectivity index (χ0v) is 10.8. The van der Waals surface area contributed by atoms with Crippen LogP contribution in [0.4, 0.5) is 19.1 Å². The van der Waals surface area contributed by atoms with Gasteiger partial charge in [-0.1, -0.05) is 0 Å². The Morgan fingerprint density at radius 3 is 2.62 bits per heavy atom. The summed E-state index contributed by atoms with van der Waals surface area (Å²) in [5, 5.41) is 2.82. The number of nitrogens with two attached hydrogens (primary N) is 1. The van der Waals surface area contributed by atoms with Crippen LogP contribution in [-0.2, 0) is 6.18 Å². The molecule has 0 spiro atoms. The van der Waals surface area contributed by atoms with Crippen LogP contribution in [0.3, 0.4) is 0 Å². The third-order valence-electron chi connectivity index (χ3n) is 2.23. The normalized spacial score (nSPS) is 11.8. The maximum atomic E-state index is 12.5. The summed E-state index contributed by atoms with van der Waals surface area (Å²) in [5.74, 6) is -0.106. The van der Waals surface area contributed by atoms with Crippen LogP contribution in [0.15, 0.2) is 18.9 Å². The van der Waals surface area contributed by atoms with Crippen molar-refractivity contribution >= 4 is 17.3 Å². The van der Waals surface area contributed by atoms with E-state index < -0.39 is 11.2 Å². The second kappa shape index (κ2) is 4.73. The van der Waals surface area contributed by atoms with Crippen molar-refractivity contribution in [3.8, 4) is 16.6 Å². The van der Waals surface area contributed by atoms with Crippen molar-refractivity contribution in [3.63, 3.8) is 0 Å². The molecule has 3 aromatic heterocycles. The molecule has 0 aliphatic rings. The van der Waals surface area contributed by atoms with Gasteiger partial charge in [-0.05, 0) is 0 Å². The highest BCUT2D eigenvalue weighted by atomic mass is 32.1. The largest absolute Gasteiger partial charge is 0.443 e. The molecule has 0 atom stereocenters. The Kier molecular flexibility index (Phi) is 3.01. The zero-order valence-electron chi connectivity index (χ0n) is 9.98. The van der Waals surface area contributed by atoms with Gasteiger partial charge in [-0.25, -0.2) is 9.97 Å². The minimum absolute atomic E-state index is 0.0130. The fourth-order valence-corrected chi connectivity index (χ4v) is 2.13. The molecule has 0 aliphatic heterocycles. The number of hydrogen-bond donors (Lipinski definition) is 1. The highest BCUT2D eigenvalue weighted by Gasteiger charge is 2.35. The Bertz CT molecular complexity index is 766. The summed E-state index contributed by atoms with van der Waals surface area (Å²) in [6, 6.07) is 0. The van der Waals surface area contributed by atoms with Crippen molar-refractivity contribution in [2.45, 2.75) is 6.18 Å². The van der Waals surface area contributed by atoms with Crippen molar-refractivity contribution in [2.24, 2.45) is 0 Å². The molecular weight excluding hydrogens is 309 g/mol. The van der Waals surface area contributed by atoms with Crippen molar-refractivity contribution in [2.75, 3.05) is 5.73 Å². The number of anilines is 1. The zero-order chi connectivity index (χ0) is 15.0. The molecule has 0 aliphatic carbocycles. The molecule has 3 heterocycles. The van der Waals surface area contributed by atoms with Crippen LogP contribution in [0, 0.1) is 0 Å². The van der Waals surface area contributed by atoms with Crippen LogP contribution in [0.2, 0.25) is 0 Å². The molecule has 0 aromatic carbocycles. The van der Waals surface area contributed by atoms with E-state index in [0.29, 0.717) is 11.3 Å². The first-order valence-corrected chi connectivity index (χ1v) is 6.15. The standard InChI is InChI=1S/C9H5F3N8S/c10-9(11,12)6-15-1-4(21-6)5-17-7(13)19-8(18-5)20-3-14-2-16-20/h1-3H,(H2,13,17,18,19). The number of halogens is 3. The molecule has 0 amide bonds. The number of aromatic nitrogens is 7. The predicted molar refractivity (Wildman–Crippen MR) is 65.3 cm³/mol. The minimum atomic E-state index is -4.52. The molecule has 0 bridgehead atoms. The lowest BCUT2D eigenvalue weighted by Crippen LogP contribution is -2.07. The van der Waals surface area contributed by atoms with Gasteiger partial charge < -0.3 is 5.73 Å². The van der Waals surface area contributed by atoms with Crippen molar-refractivity contribution < 1.29 is 13.2 Å². The Balaban J connectivity index is 2.05. The second-order valence-electron chi connectivity index (χ2n) is 3.68. The molecule has 8 nitrogen and oxygen atoms in total. The lowest BCUT2D eigenvalue weighted by molar-refractivity contribution is -0.137. The fourth-order valence-electron chi connectivity index (χ4n) is 1.41. The van der Waals surface area contributed by atoms with Crippen LogP contribution in [0.25, 0.3) is 16.6 Å². The Morgan fingerprint density at radius 1 is 1.19 bits per heavy atom. The van der Waals surface area contributed by atoms with E-state index in [1.807, 2.05) is 0 Å². The van der Waals surface area contributed by atoms with Gasteiger partial charge in [0.05, 0.1) is 4.88 Å². The van der Waals surface area contributed by atoms with Gasteiger partial charge in [-0.2, -0.15) is 37.9 Å². The highest BCUT2D eigenvalue weighted by molar-refractivity contribution is 7.15. The van der Waals surface area contributed by atoms with Gasteiger partial charge >= 0.3 is 6.18 Å². The van der Waals surface area contributed by atoms with Gasteiger partial charge in [0.1, 0.15) is 12.7 Å². The fraction of sp³-hybridized carbons (Fsp3) is 0.111. The smallest absolute Gasteiger partial charge is 0.368 e. The van der Waals surface area contributed by atoms with E-state index >= 15 is 0 Å². The molecular formula is C9H5F3N8S. The van der Waals surface area contributed by atoms with Crippen molar-refractivity contribution in [3.05, 3.63) is 23.9 Å². The third-order valence-corrected chi connectivity index (χ3v) is 3.27. The van der Waals surface area contributed by atoms with Gasteiger partial charge in [0.15, 0.2) is 10.8 Å². The highest BCUT2D eigenvalue weighted by Crippen LogP contribution is 2.35. The SMILES string of the molecule is Nc1nc(-c2cnc(C(F)(F)F)s2)nc(-n2cncn2)n1. The summed E-state index contributed by atoms with van der Waals surface area (Å²) >= 11 is 0.418. The van der Waals surface area contributed by atoms with Crippen LogP contribution in [-0.4, -0.2) is 34.7 Å². The molecule has 21 heavy (non-hydrogen) atoms. The Labute approximate surface area is 118 Å². The van der Waals surface area contributed by atoms with Gasteiger partial charge in [0, 0.05) is 6.20 Å². The third kappa shape index (κ3) is 2.65. The van der Waals surface area contributed by atoms with E-state index in [-0.39, 0.29) is 22.6 Å². The maximum Gasteiger partial charge on any atom is 0.443 e. The number of thiazole rings is 1. The van der Waals surface area contributed by atoms with Crippen LogP contribution < -0.4 is 5.73 Å². The molecule has 12 heteroatoms. The Hall–Kier alpha value is -2.63. The summed E-state index contributed by atoms with van der Waals surface area (Å²) in [6.07, 6.45) is -0.899. The molecule has 3 aromatic rings. The van der Waals surface area contributed by atoms with Crippen LogP contribution in [0.5, 0.6) is 0 Å².